The van der Waals surface area contributed by atoms with E-state index in [9.17, 15) is 4.79 Å². The largest absolute Gasteiger partial charge is 0.337 e. The first kappa shape index (κ1) is 16.4. The molecular weight excluding hydrogens is 300 g/mol. The van der Waals surface area contributed by atoms with Gasteiger partial charge in [0, 0.05) is 25.0 Å². The second-order valence-corrected chi connectivity index (χ2v) is 6.47. The second-order valence-electron chi connectivity index (χ2n) is 6.47. The van der Waals surface area contributed by atoms with E-state index in [4.69, 9.17) is 0 Å². The average molecular weight is 324 g/mol. The van der Waals surface area contributed by atoms with Gasteiger partial charge < -0.3 is 10.2 Å². The van der Waals surface area contributed by atoms with Crippen LogP contribution in [-0.2, 0) is 0 Å². The first-order valence-electron chi connectivity index (χ1n) is 8.59. The van der Waals surface area contributed by atoms with Crippen molar-refractivity contribution >= 4 is 17.5 Å². The van der Waals surface area contributed by atoms with E-state index in [2.05, 4.69) is 35.2 Å². The van der Waals surface area contributed by atoms with Crippen LogP contribution in [-0.4, -0.2) is 33.9 Å². The molecule has 0 saturated carbocycles. The van der Waals surface area contributed by atoms with E-state index in [1.807, 2.05) is 17.0 Å². The van der Waals surface area contributed by atoms with Crippen molar-refractivity contribution in [2.45, 2.75) is 39.5 Å². The minimum Gasteiger partial charge on any atom is -0.337 e. The molecule has 1 aliphatic heterocycles. The van der Waals surface area contributed by atoms with Crippen molar-refractivity contribution in [1.82, 2.24) is 14.9 Å². The molecule has 1 fully saturated rings. The maximum absolute atomic E-state index is 12.7. The summed E-state index contributed by atoms with van der Waals surface area (Å²) >= 11 is 0. The number of aromatic nitrogens is 2. The molecule has 0 aliphatic carbocycles. The van der Waals surface area contributed by atoms with E-state index >= 15 is 0 Å². The van der Waals surface area contributed by atoms with Gasteiger partial charge >= 0.3 is 0 Å². The van der Waals surface area contributed by atoms with Crippen LogP contribution in [0.2, 0.25) is 0 Å². The number of carbonyl (C=O) groups excluding carboxylic acids is 1. The van der Waals surface area contributed by atoms with Crippen LogP contribution in [0.4, 0.5) is 11.6 Å². The Morgan fingerprint density at radius 1 is 1.04 bits per heavy atom. The van der Waals surface area contributed by atoms with Crippen molar-refractivity contribution in [1.29, 1.82) is 0 Å². The minimum absolute atomic E-state index is 0.00257. The predicted octanol–water partition coefficient (Wildman–Crippen LogP) is 3.85. The molecule has 3 rings (SSSR count). The molecule has 126 valence electrons. The van der Waals surface area contributed by atoms with E-state index in [1.165, 1.54) is 24.0 Å². The highest BCUT2D eigenvalue weighted by atomic mass is 16.2. The number of nitrogens with one attached hydrogen (secondary N) is 1. The Morgan fingerprint density at radius 3 is 2.38 bits per heavy atom. The van der Waals surface area contributed by atoms with Crippen molar-refractivity contribution in [3.63, 3.8) is 0 Å². The molecule has 0 atom stereocenters. The van der Waals surface area contributed by atoms with Gasteiger partial charge in [0.2, 0.25) is 5.95 Å². The van der Waals surface area contributed by atoms with Crippen molar-refractivity contribution in [2.75, 3.05) is 18.4 Å². The smallest absolute Gasteiger partial charge is 0.272 e. The minimum atomic E-state index is 0.00257. The fraction of sp³-hybridized carbons (Fsp3) is 0.421. The highest BCUT2D eigenvalue weighted by molar-refractivity contribution is 5.92. The predicted molar refractivity (Wildman–Crippen MR) is 95.6 cm³/mol. The number of rotatable bonds is 3. The van der Waals surface area contributed by atoms with Gasteiger partial charge in [0.05, 0.1) is 0 Å². The van der Waals surface area contributed by atoms with Gasteiger partial charge in [0.15, 0.2) is 0 Å². The Balaban J connectivity index is 1.77. The van der Waals surface area contributed by atoms with Crippen molar-refractivity contribution in [3.05, 3.63) is 47.3 Å². The molecule has 1 N–H and O–H groups in total. The van der Waals surface area contributed by atoms with Gasteiger partial charge in [-0.1, -0.05) is 18.9 Å². The van der Waals surface area contributed by atoms with Gasteiger partial charge in [-0.05, 0) is 56.0 Å². The number of hydrogen-bond donors (Lipinski definition) is 1. The lowest BCUT2D eigenvalue weighted by atomic mass is 10.1. The third kappa shape index (κ3) is 4.10. The number of nitrogens with zero attached hydrogens (tertiary/aromatic N) is 3. The van der Waals surface area contributed by atoms with Crippen molar-refractivity contribution in [3.8, 4) is 0 Å². The maximum atomic E-state index is 12.7. The monoisotopic (exact) mass is 324 g/mol. The number of hydrogen-bond acceptors (Lipinski definition) is 4. The Kier molecular flexibility index (Phi) is 5.08. The van der Waals surface area contributed by atoms with Gasteiger partial charge in [-0.3, -0.25) is 4.79 Å². The molecule has 2 heterocycles. The highest BCUT2D eigenvalue weighted by Crippen LogP contribution is 2.18. The molecule has 0 unspecified atom stereocenters. The third-order valence-corrected chi connectivity index (χ3v) is 4.25. The Morgan fingerprint density at radius 2 is 1.71 bits per heavy atom. The summed E-state index contributed by atoms with van der Waals surface area (Å²) in [7, 11) is 0. The van der Waals surface area contributed by atoms with Crippen LogP contribution in [0.15, 0.2) is 30.5 Å². The van der Waals surface area contributed by atoms with E-state index in [1.54, 1.807) is 12.3 Å². The molecule has 5 nitrogen and oxygen atoms in total. The lowest BCUT2D eigenvalue weighted by molar-refractivity contribution is 0.0755. The number of anilines is 2. The summed E-state index contributed by atoms with van der Waals surface area (Å²) in [6.07, 6.45) is 6.19. The fourth-order valence-electron chi connectivity index (χ4n) is 3.15. The molecule has 1 aromatic heterocycles. The summed E-state index contributed by atoms with van der Waals surface area (Å²) in [6.45, 7) is 5.75. The SMILES string of the molecule is Cc1cc(C)cc(Nc2nccc(C(=O)N3CCCCCC3)n2)c1. The van der Waals surface area contributed by atoms with Crippen LogP contribution in [0.5, 0.6) is 0 Å². The van der Waals surface area contributed by atoms with Crippen LogP contribution in [0.25, 0.3) is 0 Å². The number of carbonyl (C=O) groups is 1. The molecule has 0 bridgehead atoms. The normalized spacial score (nSPS) is 15.0. The van der Waals surface area contributed by atoms with Gasteiger partial charge in [-0.25, -0.2) is 9.97 Å². The third-order valence-electron chi connectivity index (χ3n) is 4.25. The van der Waals surface area contributed by atoms with Gasteiger partial charge in [0.25, 0.3) is 5.91 Å². The molecular formula is C19H24N4O. The van der Waals surface area contributed by atoms with E-state index in [0.717, 1.165) is 31.6 Å². The first-order valence-corrected chi connectivity index (χ1v) is 8.59. The molecule has 1 aliphatic rings. The van der Waals surface area contributed by atoms with E-state index in [0.29, 0.717) is 11.6 Å². The van der Waals surface area contributed by atoms with Gasteiger partial charge in [-0.15, -0.1) is 0 Å². The average Bonchev–Trinajstić information content (AvgIpc) is 2.82. The topological polar surface area (TPSA) is 58.1 Å². The first-order chi connectivity index (χ1) is 11.6. The second kappa shape index (κ2) is 7.43. The van der Waals surface area contributed by atoms with E-state index < -0.39 is 0 Å². The van der Waals surface area contributed by atoms with Crippen LogP contribution < -0.4 is 5.32 Å². The van der Waals surface area contributed by atoms with E-state index in [-0.39, 0.29) is 5.91 Å². The lowest BCUT2D eigenvalue weighted by Crippen LogP contribution is -2.32. The number of aryl methyl sites for hydroxylation is 2. The maximum Gasteiger partial charge on any atom is 0.272 e. The van der Waals surface area contributed by atoms with Gasteiger partial charge in [0.1, 0.15) is 5.69 Å². The summed E-state index contributed by atoms with van der Waals surface area (Å²) in [4.78, 5) is 23.3. The lowest BCUT2D eigenvalue weighted by Gasteiger charge is -2.19. The summed E-state index contributed by atoms with van der Waals surface area (Å²) in [5.74, 6) is 0.462. The molecule has 1 saturated heterocycles. The number of likely N-dealkylation sites (tertiary alicyclic amines) is 1. The molecule has 24 heavy (non-hydrogen) atoms. The van der Waals surface area contributed by atoms with Crippen LogP contribution >= 0.6 is 0 Å². The van der Waals surface area contributed by atoms with Crippen LogP contribution in [0.3, 0.4) is 0 Å². The zero-order valence-electron chi connectivity index (χ0n) is 14.4. The Hall–Kier alpha value is -2.43. The zero-order chi connectivity index (χ0) is 16.9. The molecule has 0 radical (unpaired) electrons. The summed E-state index contributed by atoms with van der Waals surface area (Å²) < 4.78 is 0. The van der Waals surface area contributed by atoms with Crippen LogP contribution in [0.1, 0.15) is 47.3 Å². The van der Waals surface area contributed by atoms with Gasteiger partial charge in [-0.2, -0.15) is 0 Å². The van der Waals surface area contributed by atoms with Crippen molar-refractivity contribution in [2.24, 2.45) is 0 Å². The fourth-order valence-corrected chi connectivity index (χ4v) is 3.15. The molecule has 1 amide bonds. The quantitative estimate of drug-likeness (QED) is 0.931. The molecule has 5 heteroatoms. The summed E-state index contributed by atoms with van der Waals surface area (Å²) in [6, 6.07) is 7.89. The number of benzene rings is 1. The highest BCUT2D eigenvalue weighted by Gasteiger charge is 2.18. The standard InChI is InChI=1S/C19H24N4O/c1-14-11-15(2)13-16(12-14)21-19-20-8-7-17(22-19)18(24)23-9-5-3-4-6-10-23/h7-8,11-13H,3-6,9-10H2,1-2H3,(H,20,21,22). The van der Waals surface area contributed by atoms with Crippen LogP contribution in [0, 0.1) is 13.8 Å². The molecule has 0 spiro atoms. The molecule has 1 aromatic carbocycles. The Labute approximate surface area is 143 Å². The number of amides is 1. The Bertz CT molecular complexity index is 701. The zero-order valence-corrected chi connectivity index (χ0v) is 14.4. The molecule has 2 aromatic rings. The van der Waals surface area contributed by atoms with Crippen molar-refractivity contribution < 1.29 is 4.79 Å². The summed E-state index contributed by atoms with van der Waals surface area (Å²) in [5.41, 5.74) is 3.74. The summed E-state index contributed by atoms with van der Waals surface area (Å²) in [5, 5.41) is 3.20.